The highest BCUT2D eigenvalue weighted by Gasteiger charge is 2.30. The van der Waals surface area contributed by atoms with Gasteiger partial charge in [-0.3, -0.25) is 4.79 Å². The Balaban J connectivity index is 1.63. The Morgan fingerprint density at radius 1 is 1.10 bits per heavy atom. The zero-order valence-electron chi connectivity index (χ0n) is 17.6. The molecular weight excluding hydrogens is 407 g/mol. The smallest absolute Gasteiger partial charge is 0.416 e. The lowest BCUT2D eigenvalue weighted by molar-refractivity contribution is -0.137. The molecule has 8 heteroatoms. The zero-order chi connectivity index (χ0) is 22.6. The van der Waals surface area contributed by atoms with Gasteiger partial charge in [-0.1, -0.05) is 24.3 Å². The Bertz CT molecular complexity index is 1070. The molecule has 0 spiro atoms. The van der Waals surface area contributed by atoms with E-state index in [0.29, 0.717) is 35.8 Å². The second-order valence-electron chi connectivity index (χ2n) is 7.25. The molecular formula is C23H24F3N3O2. The van der Waals surface area contributed by atoms with Crippen LogP contribution in [0.4, 0.5) is 13.2 Å². The van der Waals surface area contributed by atoms with Crippen molar-refractivity contribution in [3.05, 3.63) is 76.6 Å². The van der Waals surface area contributed by atoms with Crippen LogP contribution in [0.2, 0.25) is 0 Å². The predicted molar refractivity (Wildman–Crippen MR) is 111 cm³/mol. The van der Waals surface area contributed by atoms with Crippen molar-refractivity contribution >= 4 is 5.91 Å². The number of carbonyl (C=O) groups excluding carboxylic acids is 1. The largest absolute Gasteiger partial charge is 0.491 e. The van der Waals surface area contributed by atoms with Crippen LogP contribution in [0.15, 0.2) is 48.5 Å². The number of alkyl halides is 3. The van der Waals surface area contributed by atoms with Gasteiger partial charge >= 0.3 is 6.18 Å². The highest BCUT2D eigenvalue weighted by Crippen LogP contribution is 2.31. The summed E-state index contributed by atoms with van der Waals surface area (Å²) in [5, 5.41) is 7.15. The third-order valence-corrected chi connectivity index (χ3v) is 4.97. The van der Waals surface area contributed by atoms with Crippen LogP contribution in [-0.2, 0) is 17.4 Å². The summed E-state index contributed by atoms with van der Waals surface area (Å²) in [6, 6.07) is 12.6. The molecule has 0 saturated heterocycles. The van der Waals surface area contributed by atoms with Gasteiger partial charge in [0, 0.05) is 11.3 Å². The Morgan fingerprint density at radius 2 is 1.84 bits per heavy atom. The average molecular weight is 431 g/mol. The SMILES string of the molecule is Cc1ccccc1OCCNC(=O)Cc1c(C)nn(-c2cccc(C(F)(F)F)c2)c1C. The van der Waals surface area contributed by atoms with E-state index in [1.165, 1.54) is 10.7 Å². The highest BCUT2D eigenvalue weighted by molar-refractivity contribution is 5.79. The summed E-state index contributed by atoms with van der Waals surface area (Å²) >= 11 is 0. The number of halogens is 3. The van der Waals surface area contributed by atoms with E-state index in [2.05, 4.69) is 10.4 Å². The first-order valence-electron chi connectivity index (χ1n) is 9.84. The van der Waals surface area contributed by atoms with Crippen molar-refractivity contribution in [1.82, 2.24) is 15.1 Å². The monoisotopic (exact) mass is 431 g/mol. The Labute approximate surface area is 178 Å². The third-order valence-electron chi connectivity index (χ3n) is 4.97. The van der Waals surface area contributed by atoms with Crippen molar-refractivity contribution in [1.29, 1.82) is 0 Å². The van der Waals surface area contributed by atoms with Crippen LogP contribution in [0, 0.1) is 20.8 Å². The van der Waals surface area contributed by atoms with Crippen molar-refractivity contribution in [2.24, 2.45) is 0 Å². The minimum Gasteiger partial charge on any atom is -0.491 e. The molecule has 0 aliphatic heterocycles. The van der Waals surface area contributed by atoms with E-state index in [9.17, 15) is 18.0 Å². The van der Waals surface area contributed by atoms with Crippen molar-refractivity contribution in [3.63, 3.8) is 0 Å². The van der Waals surface area contributed by atoms with Gasteiger partial charge in [0.15, 0.2) is 0 Å². The molecule has 2 aromatic carbocycles. The molecule has 0 fully saturated rings. The Hall–Kier alpha value is -3.29. The Morgan fingerprint density at radius 3 is 2.55 bits per heavy atom. The molecule has 0 saturated carbocycles. The van der Waals surface area contributed by atoms with Gasteiger partial charge in [0.1, 0.15) is 12.4 Å². The molecule has 1 heterocycles. The second kappa shape index (κ2) is 9.24. The Kier molecular flexibility index (Phi) is 6.68. The number of ether oxygens (including phenoxy) is 1. The first-order chi connectivity index (χ1) is 14.7. The average Bonchev–Trinajstić information content (AvgIpc) is 3.00. The zero-order valence-corrected chi connectivity index (χ0v) is 17.6. The third kappa shape index (κ3) is 5.45. The van der Waals surface area contributed by atoms with Crippen LogP contribution in [0.3, 0.4) is 0 Å². The molecule has 0 aliphatic carbocycles. The number of benzene rings is 2. The first kappa shape index (κ1) is 22.4. The molecule has 0 aliphatic rings. The molecule has 5 nitrogen and oxygen atoms in total. The van der Waals surface area contributed by atoms with Gasteiger partial charge in [-0.15, -0.1) is 0 Å². The van der Waals surface area contributed by atoms with Crippen LogP contribution in [0.5, 0.6) is 5.75 Å². The van der Waals surface area contributed by atoms with Crippen LogP contribution in [-0.4, -0.2) is 28.8 Å². The van der Waals surface area contributed by atoms with Gasteiger partial charge in [0.05, 0.1) is 29.9 Å². The van der Waals surface area contributed by atoms with Crippen LogP contribution >= 0.6 is 0 Å². The second-order valence-corrected chi connectivity index (χ2v) is 7.25. The molecule has 0 atom stereocenters. The number of aromatic nitrogens is 2. The molecule has 3 aromatic rings. The van der Waals surface area contributed by atoms with Crippen LogP contribution in [0.25, 0.3) is 5.69 Å². The maximum absolute atomic E-state index is 13.0. The molecule has 1 N–H and O–H groups in total. The summed E-state index contributed by atoms with van der Waals surface area (Å²) < 4.78 is 46.2. The lowest BCUT2D eigenvalue weighted by Crippen LogP contribution is -2.29. The predicted octanol–water partition coefficient (Wildman–Crippen LogP) is 4.55. The summed E-state index contributed by atoms with van der Waals surface area (Å²) in [7, 11) is 0. The van der Waals surface area contributed by atoms with Gasteiger partial charge < -0.3 is 10.1 Å². The topological polar surface area (TPSA) is 56.1 Å². The highest BCUT2D eigenvalue weighted by atomic mass is 19.4. The number of amides is 1. The van der Waals surface area contributed by atoms with Crippen LogP contribution in [0.1, 0.15) is 28.1 Å². The summed E-state index contributed by atoms with van der Waals surface area (Å²) in [6.07, 6.45) is -4.35. The molecule has 164 valence electrons. The number of carbonyl (C=O) groups is 1. The fourth-order valence-corrected chi connectivity index (χ4v) is 3.29. The van der Waals surface area contributed by atoms with Gasteiger partial charge in [0.25, 0.3) is 0 Å². The number of hydrogen-bond acceptors (Lipinski definition) is 3. The lowest BCUT2D eigenvalue weighted by atomic mass is 10.1. The minimum atomic E-state index is -4.44. The number of nitrogens with zero attached hydrogens (tertiary/aromatic N) is 2. The maximum Gasteiger partial charge on any atom is 0.416 e. The van der Waals surface area contributed by atoms with Gasteiger partial charge in [-0.05, 0) is 50.6 Å². The fraction of sp³-hybridized carbons (Fsp3) is 0.304. The number of para-hydroxylation sites is 1. The molecule has 3 rings (SSSR count). The number of nitrogens with one attached hydrogen (secondary N) is 1. The first-order valence-corrected chi connectivity index (χ1v) is 9.84. The maximum atomic E-state index is 13.0. The van der Waals surface area contributed by atoms with Crippen molar-refractivity contribution in [2.45, 2.75) is 33.4 Å². The summed E-state index contributed by atoms with van der Waals surface area (Å²) in [6.45, 7) is 6.10. The van der Waals surface area contributed by atoms with Crippen molar-refractivity contribution in [2.75, 3.05) is 13.2 Å². The molecule has 31 heavy (non-hydrogen) atoms. The van der Waals surface area contributed by atoms with E-state index < -0.39 is 11.7 Å². The minimum absolute atomic E-state index is 0.0843. The number of hydrogen-bond donors (Lipinski definition) is 1. The van der Waals surface area contributed by atoms with E-state index in [0.717, 1.165) is 23.4 Å². The van der Waals surface area contributed by atoms with Crippen molar-refractivity contribution < 1.29 is 22.7 Å². The standard InChI is InChI=1S/C23H24F3N3O2/c1-15-7-4-5-10-21(15)31-12-11-27-22(30)14-20-16(2)28-29(17(20)3)19-9-6-8-18(13-19)23(24,25)26/h4-10,13H,11-12,14H2,1-3H3,(H,27,30). The molecule has 0 bridgehead atoms. The van der Waals surface area contributed by atoms with Gasteiger partial charge in [0.2, 0.25) is 5.91 Å². The molecule has 1 amide bonds. The number of rotatable bonds is 7. The fourth-order valence-electron chi connectivity index (χ4n) is 3.29. The summed E-state index contributed by atoms with van der Waals surface area (Å²) in [5.74, 6) is 0.564. The quantitative estimate of drug-likeness (QED) is 0.559. The molecule has 1 aromatic heterocycles. The molecule has 0 radical (unpaired) electrons. The van der Waals surface area contributed by atoms with Crippen molar-refractivity contribution in [3.8, 4) is 11.4 Å². The lowest BCUT2D eigenvalue weighted by Gasteiger charge is -2.11. The van der Waals surface area contributed by atoms with Gasteiger partial charge in [-0.25, -0.2) is 4.68 Å². The number of aryl methyl sites for hydroxylation is 2. The molecule has 0 unspecified atom stereocenters. The van der Waals surface area contributed by atoms with E-state index >= 15 is 0 Å². The van der Waals surface area contributed by atoms with E-state index in [1.807, 2.05) is 31.2 Å². The summed E-state index contributed by atoms with van der Waals surface area (Å²) in [4.78, 5) is 12.4. The van der Waals surface area contributed by atoms with E-state index in [-0.39, 0.29) is 12.3 Å². The van der Waals surface area contributed by atoms with E-state index in [1.54, 1.807) is 19.9 Å². The summed E-state index contributed by atoms with van der Waals surface area (Å²) in [5.41, 5.74) is 2.49. The van der Waals surface area contributed by atoms with Gasteiger partial charge in [-0.2, -0.15) is 18.3 Å². The normalized spacial score (nSPS) is 11.4. The van der Waals surface area contributed by atoms with Crippen LogP contribution < -0.4 is 10.1 Å². The van der Waals surface area contributed by atoms with E-state index in [4.69, 9.17) is 4.74 Å².